The fourth-order valence-corrected chi connectivity index (χ4v) is 1.60. The number of hydrogen-bond donors (Lipinski definition) is 3. The molecule has 1 heterocycles. The molecule has 0 fully saturated rings. The second kappa shape index (κ2) is 7.56. The van der Waals surface area contributed by atoms with E-state index in [9.17, 15) is 9.59 Å². The zero-order valence-corrected chi connectivity index (χ0v) is 10.7. The van der Waals surface area contributed by atoms with Gasteiger partial charge >= 0.3 is 0 Å². The Balaban J connectivity index is 2.17. The van der Waals surface area contributed by atoms with Crippen LogP contribution in [0.5, 0.6) is 0 Å². The van der Waals surface area contributed by atoms with Gasteiger partial charge in [-0.3, -0.25) is 9.59 Å². The molecule has 1 aromatic rings. The molecule has 4 N–H and O–H groups in total. The smallest absolute Gasteiger partial charge is 0.282 e. The zero-order chi connectivity index (χ0) is 13.4. The van der Waals surface area contributed by atoms with Crippen molar-refractivity contribution < 1.29 is 14.3 Å². The van der Waals surface area contributed by atoms with E-state index in [-0.39, 0.29) is 34.9 Å². The number of nitrogen functional groups attached to an aromatic ring is 1. The van der Waals surface area contributed by atoms with Gasteiger partial charge in [-0.2, -0.15) is 0 Å². The third-order valence-corrected chi connectivity index (χ3v) is 2.65. The van der Waals surface area contributed by atoms with Crippen LogP contribution < -0.4 is 16.4 Å². The standard InChI is InChI=1S/C9H15N5O3S/c1-17-5-4-11-6(15)2-3-12-7(16)8-13-14-9(10)18-8/h2-5H2,1H3,(H2,10,14)(H,11,15)(H,12,16). The molecule has 2 amide bonds. The average molecular weight is 273 g/mol. The first-order valence-electron chi connectivity index (χ1n) is 5.26. The summed E-state index contributed by atoms with van der Waals surface area (Å²) in [6.45, 7) is 1.15. The van der Waals surface area contributed by atoms with Crippen LogP contribution in [0.2, 0.25) is 0 Å². The van der Waals surface area contributed by atoms with E-state index >= 15 is 0 Å². The molecule has 0 aromatic carbocycles. The lowest BCUT2D eigenvalue weighted by Gasteiger charge is -2.04. The van der Waals surface area contributed by atoms with Gasteiger partial charge in [0.1, 0.15) is 0 Å². The molecule has 1 aromatic heterocycles. The van der Waals surface area contributed by atoms with Crippen LogP contribution in [-0.2, 0) is 9.53 Å². The summed E-state index contributed by atoms with van der Waals surface area (Å²) in [4.78, 5) is 22.8. The summed E-state index contributed by atoms with van der Waals surface area (Å²) < 4.78 is 4.78. The van der Waals surface area contributed by atoms with Gasteiger partial charge in [0.25, 0.3) is 5.91 Å². The highest BCUT2D eigenvalue weighted by atomic mass is 32.1. The van der Waals surface area contributed by atoms with E-state index in [4.69, 9.17) is 10.5 Å². The molecule has 0 saturated heterocycles. The second-order valence-electron chi connectivity index (χ2n) is 3.29. The first kappa shape index (κ1) is 14.3. The van der Waals surface area contributed by atoms with Gasteiger partial charge in [-0.05, 0) is 0 Å². The van der Waals surface area contributed by atoms with Crippen LogP contribution in [0.1, 0.15) is 16.2 Å². The Morgan fingerprint density at radius 3 is 2.72 bits per heavy atom. The number of anilines is 1. The predicted molar refractivity (Wildman–Crippen MR) is 66.2 cm³/mol. The van der Waals surface area contributed by atoms with Crippen molar-refractivity contribution in [3.05, 3.63) is 5.01 Å². The van der Waals surface area contributed by atoms with Crippen molar-refractivity contribution in [1.29, 1.82) is 0 Å². The minimum Gasteiger partial charge on any atom is -0.383 e. The molecule has 18 heavy (non-hydrogen) atoms. The predicted octanol–water partition coefficient (Wildman–Crippen LogP) is -0.997. The molecule has 0 saturated carbocycles. The van der Waals surface area contributed by atoms with E-state index in [0.717, 1.165) is 11.3 Å². The van der Waals surface area contributed by atoms with Crippen molar-refractivity contribution in [2.45, 2.75) is 6.42 Å². The number of nitrogens with zero attached hydrogens (tertiary/aromatic N) is 2. The van der Waals surface area contributed by atoms with Gasteiger partial charge in [0.2, 0.25) is 16.0 Å². The Morgan fingerprint density at radius 1 is 1.33 bits per heavy atom. The molecule has 8 nitrogen and oxygen atoms in total. The van der Waals surface area contributed by atoms with Crippen molar-refractivity contribution in [3.8, 4) is 0 Å². The number of carbonyl (C=O) groups excluding carboxylic acids is 2. The largest absolute Gasteiger partial charge is 0.383 e. The van der Waals surface area contributed by atoms with Crippen LogP contribution in [0.25, 0.3) is 0 Å². The summed E-state index contributed by atoms with van der Waals surface area (Å²) in [6.07, 6.45) is 0.198. The van der Waals surface area contributed by atoms with Crippen LogP contribution in [0.3, 0.4) is 0 Å². The quantitative estimate of drug-likeness (QED) is 0.548. The summed E-state index contributed by atoms with van der Waals surface area (Å²) in [5, 5.41) is 12.7. The Kier molecular flexibility index (Phi) is 6.01. The van der Waals surface area contributed by atoms with Crippen LogP contribution in [-0.4, -0.2) is 48.8 Å². The van der Waals surface area contributed by atoms with Gasteiger partial charge in [0.05, 0.1) is 6.61 Å². The highest BCUT2D eigenvalue weighted by Crippen LogP contribution is 2.09. The van der Waals surface area contributed by atoms with Crippen molar-refractivity contribution in [1.82, 2.24) is 20.8 Å². The molecule has 0 aliphatic heterocycles. The topological polar surface area (TPSA) is 119 Å². The minimum absolute atomic E-state index is 0.149. The summed E-state index contributed by atoms with van der Waals surface area (Å²) in [5.74, 6) is -0.530. The SMILES string of the molecule is COCCNC(=O)CCNC(=O)c1nnc(N)s1. The third kappa shape index (κ3) is 5.06. The van der Waals surface area contributed by atoms with E-state index in [1.807, 2.05) is 0 Å². The molecule has 9 heteroatoms. The van der Waals surface area contributed by atoms with E-state index < -0.39 is 0 Å². The molecule has 0 aliphatic rings. The maximum Gasteiger partial charge on any atom is 0.282 e. The highest BCUT2D eigenvalue weighted by molar-refractivity contribution is 7.16. The Hall–Kier alpha value is -1.74. The summed E-state index contributed by atoms with van der Waals surface area (Å²) in [5.41, 5.74) is 5.35. The minimum atomic E-state index is -0.381. The van der Waals surface area contributed by atoms with E-state index in [0.29, 0.717) is 13.2 Å². The number of rotatable bonds is 7. The van der Waals surface area contributed by atoms with Crippen LogP contribution in [0.4, 0.5) is 5.13 Å². The van der Waals surface area contributed by atoms with Crippen molar-refractivity contribution in [2.75, 3.05) is 32.5 Å². The fourth-order valence-electron chi connectivity index (χ4n) is 1.07. The van der Waals surface area contributed by atoms with Gasteiger partial charge in [0.15, 0.2) is 0 Å². The maximum atomic E-state index is 11.5. The second-order valence-corrected chi connectivity index (χ2v) is 4.30. The third-order valence-electron chi connectivity index (χ3n) is 1.90. The molecule has 0 radical (unpaired) electrons. The molecule has 0 aliphatic carbocycles. The Labute approximate surface area is 108 Å². The normalized spacial score (nSPS) is 10.1. The molecular formula is C9H15N5O3S. The number of ether oxygens (including phenoxy) is 1. The summed E-state index contributed by atoms with van der Waals surface area (Å²) in [7, 11) is 1.56. The Bertz CT molecular complexity index is 409. The molecule has 0 unspecified atom stereocenters. The molecule has 100 valence electrons. The van der Waals surface area contributed by atoms with E-state index in [1.54, 1.807) is 7.11 Å². The lowest BCUT2D eigenvalue weighted by Crippen LogP contribution is -2.32. The van der Waals surface area contributed by atoms with Crippen LogP contribution in [0.15, 0.2) is 0 Å². The number of methoxy groups -OCH3 is 1. The molecule has 0 bridgehead atoms. The lowest BCUT2D eigenvalue weighted by molar-refractivity contribution is -0.121. The number of nitrogens with two attached hydrogens (primary N) is 1. The number of aromatic nitrogens is 2. The lowest BCUT2D eigenvalue weighted by atomic mass is 10.4. The fraction of sp³-hybridized carbons (Fsp3) is 0.556. The summed E-state index contributed by atoms with van der Waals surface area (Å²) >= 11 is 0.998. The number of amides is 2. The summed E-state index contributed by atoms with van der Waals surface area (Å²) in [6, 6.07) is 0. The van der Waals surface area contributed by atoms with Gasteiger partial charge in [-0.25, -0.2) is 0 Å². The number of hydrogen-bond acceptors (Lipinski definition) is 7. The van der Waals surface area contributed by atoms with Gasteiger partial charge in [-0.1, -0.05) is 11.3 Å². The molecule has 0 spiro atoms. The van der Waals surface area contributed by atoms with Crippen molar-refractivity contribution >= 4 is 28.3 Å². The molecule has 0 atom stereocenters. The first-order chi connectivity index (χ1) is 8.63. The van der Waals surface area contributed by atoms with E-state index in [1.165, 1.54) is 0 Å². The Morgan fingerprint density at radius 2 is 2.11 bits per heavy atom. The first-order valence-corrected chi connectivity index (χ1v) is 6.08. The van der Waals surface area contributed by atoms with Gasteiger partial charge in [-0.15, -0.1) is 10.2 Å². The molecular weight excluding hydrogens is 258 g/mol. The number of nitrogens with one attached hydrogen (secondary N) is 2. The zero-order valence-electron chi connectivity index (χ0n) is 9.93. The van der Waals surface area contributed by atoms with E-state index in [2.05, 4.69) is 20.8 Å². The van der Waals surface area contributed by atoms with Gasteiger partial charge in [0, 0.05) is 26.6 Å². The number of carbonyl (C=O) groups is 2. The molecule has 1 rings (SSSR count). The highest BCUT2D eigenvalue weighted by Gasteiger charge is 2.11. The van der Waals surface area contributed by atoms with Gasteiger partial charge < -0.3 is 21.1 Å². The van der Waals surface area contributed by atoms with Crippen LogP contribution >= 0.6 is 11.3 Å². The average Bonchev–Trinajstić information content (AvgIpc) is 2.76. The van der Waals surface area contributed by atoms with Crippen LogP contribution in [0, 0.1) is 0 Å². The maximum absolute atomic E-state index is 11.5. The monoisotopic (exact) mass is 273 g/mol. The van der Waals surface area contributed by atoms with Crippen molar-refractivity contribution in [3.63, 3.8) is 0 Å². The van der Waals surface area contributed by atoms with Crippen molar-refractivity contribution in [2.24, 2.45) is 0 Å².